The molecule has 1 atom stereocenters. The van der Waals surface area contributed by atoms with Gasteiger partial charge in [0.2, 0.25) is 5.91 Å². The van der Waals surface area contributed by atoms with Crippen LogP contribution in [0.25, 0.3) is 0 Å². The number of alkyl halides is 2. The van der Waals surface area contributed by atoms with Gasteiger partial charge < -0.3 is 4.90 Å². The summed E-state index contributed by atoms with van der Waals surface area (Å²) < 4.78 is 28.2. The molecule has 106 valence electrons. The lowest BCUT2D eigenvalue weighted by Gasteiger charge is -2.44. The number of hydrogen-bond donors (Lipinski definition) is 0. The summed E-state index contributed by atoms with van der Waals surface area (Å²) in [7, 11) is 1.49. The van der Waals surface area contributed by atoms with Crippen LogP contribution in [-0.4, -0.2) is 53.9 Å². The van der Waals surface area contributed by atoms with Gasteiger partial charge in [0.15, 0.2) is 0 Å². The molecule has 0 bridgehead atoms. The first-order valence-electron chi connectivity index (χ1n) is 6.55. The predicted molar refractivity (Wildman–Crippen MR) is 67.7 cm³/mol. The van der Waals surface area contributed by atoms with Gasteiger partial charge in [-0.15, -0.1) is 0 Å². The van der Waals surface area contributed by atoms with E-state index in [-0.39, 0.29) is 24.4 Å². The number of carbonyl (C=O) groups is 1. The van der Waals surface area contributed by atoms with Gasteiger partial charge in [-0.3, -0.25) is 9.69 Å². The molecule has 1 rings (SSSR count). The molecule has 1 amide bonds. The summed E-state index contributed by atoms with van der Waals surface area (Å²) >= 11 is 0. The van der Waals surface area contributed by atoms with Crippen molar-refractivity contribution in [3.05, 3.63) is 0 Å². The summed E-state index contributed by atoms with van der Waals surface area (Å²) in [6, 6.07) is -0.856. The SMILES string of the molecule is CC(C)C(=O)N(C)C1CCN(C(C)C)CC1(F)F. The first-order chi connectivity index (χ1) is 8.16. The van der Waals surface area contributed by atoms with E-state index in [9.17, 15) is 13.6 Å². The van der Waals surface area contributed by atoms with Crippen molar-refractivity contribution in [3.63, 3.8) is 0 Å². The first-order valence-corrected chi connectivity index (χ1v) is 6.55. The third-order valence-corrected chi connectivity index (χ3v) is 3.63. The van der Waals surface area contributed by atoms with Crippen LogP contribution in [0.1, 0.15) is 34.1 Å². The average Bonchev–Trinajstić information content (AvgIpc) is 2.25. The highest BCUT2D eigenvalue weighted by Gasteiger charge is 2.48. The molecule has 0 N–H and O–H groups in total. The lowest BCUT2D eigenvalue weighted by molar-refractivity contribution is -0.157. The number of piperidine rings is 1. The van der Waals surface area contributed by atoms with Crippen LogP contribution in [0.2, 0.25) is 0 Å². The quantitative estimate of drug-likeness (QED) is 0.778. The number of nitrogens with zero attached hydrogens (tertiary/aromatic N) is 2. The van der Waals surface area contributed by atoms with E-state index in [4.69, 9.17) is 0 Å². The Bertz CT molecular complexity index is 305. The lowest BCUT2D eigenvalue weighted by Crippen LogP contribution is -2.60. The molecule has 1 aliphatic heterocycles. The maximum atomic E-state index is 14.1. The maximum absolute atomic E-state index is 14.1. The number of carbonyl (C=O) groups excluding carboxylic acids is 1. The standard InChI is InChI=1S/C13H24F2N2O/c1-9(2)12(18)16(5)11-6-7-17(10(3)4)8-13(11,14)15/h9-11H,6-8H2,1-5H3. The fraction of sp³-hybridized carbons (Fsp3) is 0.923. The van der Waals surface area contributed by atoms with E-state index in [0.29, 0.717) is 13.0 Å². The van der Waals surface area contributed by atoms with Crippen LogP contribution in [0.3, 0.4) is 0 Å². The lowest BCUT2D eigenvalue weighted by atomic mass is 9.97. The highest BCUT2D eigenvalue weighted by atomic mass is 19.3. The van der Waals surface area contributed by atoms with Gasteiger partial charge in [0.25, 0.3) is 5.92 Å². The third kappa shape index (κ3) is 3.19. The highest BCUT2D eigenvalue weighted by molar-refractivity contribution is 5.78. The summed E-state index contributed by atoms with van der Waals surface area (Å²) in [5.74, 6) is -3.28. The van der Waals surface area contributed by atoms with Crippen LogP contribution in [0.4, 0.5) is 8.78 Å². The second kappa shape index (κ2) is 5.51. The summed E-state index contributed by atoms with van der Waals surface area (Å²) in [5, 5.41) is 0. The van der Waals surface area contributed by atoms with Crippen LogP contribution in [0, 0.1) is 5.92 Å². The van der Waals surface area contributed by atoms with Gasteiger partial charge in [-0.25, -0.2) is 8.78 Å². The Hall–Kier alpha value is -0.710. The molecule has 0 saturated carbocycles. The van der Waals surface area contributed by atoms with Crippen molar-refractivity contribution in [2.45, 2.75) is 52.1 Å². The molecular weight excluding hydrogens is 238 g/mol. The Morgan fingerprint density at radius 3 is 2.28 bits per heavy atom. The van der Waals surface area contributed by atoms with E-state index in [2.05, 4.69) is 0 Å². The molecule has 1 unspecified atom stereocenters. The first kappa shape index (κ1) is 15.3. The van der Waals surface area contributed by atoms with E-state index >= 15 is 0 Å². The van der Waals surface area contributed by atoms with Crippen LogP contribution in [0.15, 0.2) is 0 Å². The van der Waals surface area contributed by atoms with Gasteiger partial charge in [0, 0.05) is 25.6 Å². The topological polar surface area (TPSA) is 23.6 Å². The second-order valence-electron chi connectivity index (χ2n) is 5.73. The minimum absolute atomic E-state index is 0.114. The second-order valence-corrected chi connectivity index (χ2v) is 5.73. The minimum atomic E-state index is -2.83. The Kier molecular flexibility index (Phi) is 4.70. The summed E-state index contributed by atoms with van der Waals surface area (Å²) in [6.07, 6.45) is 0.333. The molecule has 1 heterocycles. The van der Waals surface area contributed by atoms with E-state index in [0.717, 1.165) is 0 Å². The zero-order valence-corrected chi connectivity index (χ0v) is 11.9. The number of likely N-dealkylation sites (tertiary alicyclic amines) is 1. The molecule has 3 nitrogen and oxygen atoms in total. The molecule has 0 radical (unpaired) electrons. The van der Waals surface area contributed by atoms with Crippen LogP contribution >= 0.6 is 0 Å². The van der Waals surface area contributed by atoms with Crippen molar-refractivity contribution >= 4 is 5.91 Å². The molecule has 0 spiro atoms. The van der Waals surface area contributed by atoms with Crippen molar-refractivity contribution in [1.82, 2.24) is 9.80 Å². The Morgan fingerprint density at radius 1 is 1.33 bits per heavy atom. The van der Waals surface area contributed by atoms with Crippen molar-refractivity contribution in [2.24, 2.45) is 5.92 Å². The summed E-state index contributed by atoms with van der Waals surface area (Å²) in [6.45, 7) is 7.66. The molecule has 0 aromatic heterocycles. The van der Waals surface area contributed by atoms with E-state index in [1.165, 1.54) is 11.9 Å². The zero-order chi connectivity index (χ0) is 14.1. The van der Waals surface area contributed by atoms with Crippen molar-refractivity contribution < 1.29 is 13.6 Å². The molecule has 5 heteroatoms. The van der Waals surface area contributed by atoms with Crippen LogP contribution < -0.4 is 0 Å². The molecule has 1 aliphatic rings. The van der Waals surface area contributed by atoms with E-state index in [1.807, 2.05) is 13.8 Å². The monoisotopic (exact) mass is 262 g/mol. The van der Waals surface area contributed by atoms with E-state index in [1.54, 1.807) is 18.7 Å². The predicted octanol–water partition coefficient (Wildman–Crippen LogP) is 2.22. The largest absolute Gasteiger partial charge is 0.336 e. The fourth-order valence-corrected chi connectivity index (χ4v) is 2.43. The van der Waals surface area contributed by atoms with Crippen molar-refractivity contribution in [2.75, 3.05) is 20.1 Å². The minimum Gasteiger partial charge on any atom is -0.336 e. The molecule has 1 saturated heterocycles. The number of halogens is 2. The van der Waals surface area contributed by atoms with Crippen LogP contribution in [-0.2, 0) is 4.79 Å². The summed E-state index contributed by atoms with van der Waals surface area (Å²) in [4.78, 5) is 14.8. The zero-order valence-electron chi connectivity index (χ0n) is 11.9. The molecule has 0 aromatic rings. The van der Waals surface area contributed by atoms with Gasteiger partial charge in [0.1, 0.15) is 0 Å². The Labute approximate surface area is 108 Å². The molecule has 1 fully saturated rings. The molecule has 0 aromatic carbocycles. The van der Waals surface area contributed by atoms with Gasteiger partial charge in [0.05, 0.1) is 12.6 Å². The normalized spacial score (nSPS) is 24.6. The highest BCUT2D eigenvalue weighted by Crippen LogP contribution is 2.32. The van der Waals surface area contributed by atoms with Gasteiger partial charge in [-0.05, 0) is 20.3 Å². The molecular formula is C13H24F2N2O. The third-order valence-electron chi connectivity index (χ3n) is 3.63. The summed E-state index contributed by atoms with van der Waals surface area (Å²) in [5.41, 5.74) is 0. The Morgan fingerprint density at radius 2 is 1.89 bits per heavy atom. The van der Waals surface area contributed by atoms with Crippen LogP contribution in [0.5, 0.6) is 0 Å². The number of rotatable bonds is 3. The molecule has 0 aliphatic carbocycles. The average molecular weight is 262 g/mol. The Balaban J connectivity index is 2.77. The number of amides is 1. The smallest absolute Gasteiger partial charge is 0.280 e. The molecule has 18 heavy (non-hydrogen) atoms. The van der Waals surface area contributed by atoms with Gasteiger partial charge in [-0.2, -0.15) is 0 Å². The van der Waals surface area contributed by atoms with Crippen molar-refractivity contribution in [1.29, 1.82) is 0 Å². The number of hydrogen-bond acceptors (Lipinski definition) is 2. The van der Waals surface area contributed by atoms with Crippen molar-refractivity contribution in [3.8, 4) is 0 Å². The fourth-order valence-electron chi connectivity index (χ4n) is 2.43. The van der Waals surface area contributed by atoms with E-state index < -0.39 is 12.0 Å². The maximum Gasteiger partial charge on any atom is 0.280 e. The van der Waals surface area contributed by atoms with Gasteiger partial charge in [-0.1, -0.05) is 13.8 Å². The van der Waals surface area contributed by atoms with Gasteiger partial charge >= 0.3 is 0 Å².